The number of halogens is 1. The highest BCUT2D eigenvalue weighted by Gasteiger charge is 2.25. The summed E-state index contributed by atoms with van der Waals surface area (Å²) in [7, 11) is -3.59. The topological polar surface area (TPSA) is 96.0 Å². The maximum atomic E-state index is 12.2. The smallest absolute Gasteiger partial charge is 0.252 e. The molecule has 0 amide bonds. The second-order valence-corrected chi connectivity index (χ2v) is 7.71. The van der Waals surface area contributed by atoms with Crippen LogP contribution in [0.5, 0.6) is 0 Å². The van der Waals surface area contributed by atoms with Crippen LogP contribution in [0.25, 0.3) is 0 Å². The monoisotopic (exact) mass is 341 g/mol. The molecular weight excluding hydrogens is 330 g/mol. The number of thiophene rings is 1. The molecule has 0 aliphatic carbocycles. The molecule has 0 saturated heterocycles. The van der Waals surface area contributed by atoms with Crippen molar-refractivity contribution >= 4 is 43.1 Å². The van der Waals surface area contributed by atoms with E-state index in [1.54, 1.807) is 13.0 Å². The molecular formula is C8H12BrN3O3S2. The Bertz CT molecular complexity index is 512. The maximum absolute atomic E-state index is 12.2. The number of hydrogen-bond donors (Lipinski definition) is 2. The van der Waals surface area contributed by atoms with E-state index in [0.717, 1.165) is 19.4 Å². The van der Waals surface area contributed by atoms with Gasteiger partial charge in [-0.25, -0.2) is 8.42 Å². The van der Waals surface area contributed by atoms with E-state index < -0.39 is 10.0 Å². The predicted octanol–water partition coefficient (Wildman–Crippen LogP) is 1.27. The molecule has 0 radical (unpaired) electrons. The van der Waals surface area contributed by atoms with Gasteiger partial charge < -0.3 is 10.9 Å². The molecule has 9 heteroatoms. The summed E-state index contributed by atoms with van der Waals surface area (Å²) in [6.07, 6.45) is 0. The van der Waals surface area contributed by atoms with Crippen molar-refractivity contribution in [3.05, 3.63) is 15.9 Å². The van der Waals surface area contributed by atoms with Crippen LogP contribution in [0, 0.1) is 0 Å². The van der Waals surface area contributed by atoms with Crippen LogP contribution in [-0.2, 0) is 10.0 Å². The zero-order chi connectivity index (χ0) is 13.1. The van der Waals surface area contributed by atoms with Gasteiger partial charge in [0, 0.05) is 6.54 Å². The molecule has 0 saturated carbocycles. The summed E-state index contributed by atoms with van der Waals surface area (Å²) in [5, 5.41) is 11.2. The minimum Gasteiger partial charge on any atom is -0.409 e. The van der Waals surface area contributed by atoms with Crippen LogP contribution in [0.2, 0.25) is 0 Å². The minimum absolute atomic E-state index is 0.134. The van der Waals surface area contributed by atoms with Crippen molar-refractivity contribution < 1.29 is 13.6 Å². The third-order valence-corrected chi connectivity index (χ3v) is 5.97. The summed E-state index contributed by atoms with van der Waals surface area (Å²) >= 11 is 4.32. The van der Waals surface area contributed by atoms with Crippen LogP contribution in [0.4, 0.5) is 0 Å². The molecule has 1 heterocycles. The van der Waals surface area contributed by atoms with Gasteiger partial charge in [-0.2, -0.15) is 4.31 Å². The fourth-order valence-electron chi connectivity index (χ4n) is 1.14. The number of hydrogen-bond acceptors (Lipinski definition) is 5. The Kier molecular flexibility index (Phi) is 4.92. The number of rotatable bonds is 5. The van der Waals surface area contributed by atoms with Crippen LogP contribution in [0.15, 0.2) is 25.3 Å². The van der Waals surface area contributed by atoms with Crippen molar-refractivity contribution in [2.75, 3.05) is 13.1 Å². The van der Waals surface area contributed by atoms with Gasteiger partial charge in [-0.1, -0.05) is 12.1 Å². The molecule has 96 valence electrons. The number of nitrogens with two attached hydrogens (primary N) is 1. The first-order valence-electron chi connectivity index (χ1n) is 4.63. The summed E-state index contributed by atoms with van der Waals surface area (Å²) in [5.41, 5.74) is 5.32. The summed E-state index contributed by atoms with van der Waals surface area (Å²) in [5.74, 6) is -0.147. The lowest BCUT2D eigenvalue weighted by atomic mass is 10.6. The van der Waals surface area contributed by atoms with Crippen LogP contribution in [0.3, 0.4) is 0 Å². The Morgan fingerprint density at radius 1 is 1.65 bits per heavy atom. The number of amidine groups is 1. The maximum Gasteiger partial charge on any atom is 0.252 e. The Labute approximate surface area is 112 Å². The lowest BCUT2D eigenvalue weighted by Gasteiger charge is -2.18. The van der Waals surface area contributed by atoms with E-state index in [4.69, 9.17) is 10.9 Å². The first-order chi connectivity index (χ1) is 7.91. The summed E-state index contributed by atoms with van der Waals surface area (Å²) < 4.78 is 26.4. The summed E-state index contributed by atoms with van der Waals surface area (Å²) in [4.78, 5) is 0. The van der Waals surface area contributed by atoms with Gasteiger partial charge in [0.05, 0.1) is 10.3 Å². The molecule has 3 N–H and O–H groups in total. The van der Waals surface area contributed by atoms with E-state index in [0.29, 0.717) is 0 Å². The van der Waals surface area contributed by atoms with Crippen LogP contribution < -0.4 is 5.73 Å². The molecule has 0 aromatic carbocycles. The van der Waals surface area contributed by atoms with Crippen LogP contribution in [0.1, 0.15) is 6.92 Å². The Morgan fingerprint density at radius 2 is 2.29 bits per heavy atom. The lowest BCUT2D eigenvalue weighted by Crippen LogP contribution is -2.38. The molecule has 0 aliphatic heterocycles. The van der Waals surface area contributed by atoms with Gasteiger partial charge in [0.15, 0.2) is 5.84 Å². The second-order valence-electron chi connectivity index (χ2n) is 3.08. The normalized spacial score (nSPS) is 13.2. The average Bonchev–Trinajstić information content (AvgIpc) is 2.72. The third kappa shape index (κ3) is 3.41. The molecule has 1 aromatic rings. The highest BCUT2D eigenvalue weighted by molar-refractivity contribution is 9.11. The van der Waals surface area contributed by atoms with Crippen LogP contribution in [-0.4, -0.2) is 36.9 Å². The largest absolute Gasteiger partial charge is 0.409 e. The zero-order valence-corrected chi connectivity index (χ0v) is 12.2. The van der Waals surface area contributed by atoms with Gasteiger partial charge in [-0.15, -0.1) is 11.3 Å². The van der Waals surface area contributed by atoms with Crippen molar-refractivity contribution in [1.82, 2.24) is 4.31 Å². The van der Waals surface area contributed by atoms with E-state index in [9.17, 15) is 8.42 Å². The van der Waals surface area contributed by atoms with Gasteiger partial charge in [-0.3, -0.25) is 0 Å². The Balaban J connectivity index is 3.02. The Hall–Kier alpha value is -0.640. The van der Waals surface area contributed by atoms with Crippen molar-refractivity contribution in [1.29, 1.82) is 0 Å². The number of sulfonamides is 1. The van der Waals surface area contributed by atoms with Gasteiger partial charge in [0.2, 0.25) is 0 Å². The summed E-state index contributed by atoms with van der Waals surface area (Å²) in [6, 6.07) is 3.17. The molecule has 1 rings (SSSR count). The van der Waals surface area contributed by atoms with Crippen molar-refractivity contribution in [3.63, 3.8) is 0 Å². The fraction of sp³-hybridized carbons (Fsp3) is 0.375. The summed E-state index contributed by atoms with van der Waals surface area (Å²) in [6.45, 7) is 1.80. The van der Waals surface area contributed by atoms with Gasteiger partial charge in [0.1, 0.15) is 4.21 Å². The average molecular weight is 342 g/mol. The van der Waals surface area contributed by atoms with E-state index in [1.165, 1.54) is 6.07 Å². The number of oxime groups is 1. The zero-order valence-electron chi connectivity index (χ0n) is 9.00. The minimum atomic E-state index is -3.59. The number of nitrogens with zero attached hydrogens (tertiary/aromatic N) is 2. The van der Waals surface area contributed by atoms with Crippen molar-refractivity contribution in [2.24, 2.45) is 10.9 Å². The quantitative estimate of drug-likeness (QED) is 0.364. The molecule has 17 heavy (non-hydrogen) atoms. The molecule has 0 spiro atoms. The van der Waals surface area contributed by atoms with Gasteiger partial charge >= 0.3 is 0 Å². The van der Waals surface area contributed by atoms with E-state index in [1.807, 2.05) is 0 Å². The van der Waals surface area contributed by atoms with Crippen LogP contribution >= 0.6 is 27.3 Å². The molecule has 0 bridgehead atoms. The lowest BCUT2D eigenvalue weighted by molar-refractivity contribution is 0.315. The SMILES string of the molecule is CCN(CC(N)=NO)S(=O)(=O)c1ccc(Br)s1. The Morgan fingerprint density at radius 3 is 2.71 bits per heavy atom. The first-order valence-corrected chi connectivity index (χ1v) is 7.68. The van der Waals surface area contributed by atoms with E-state index in [2.05, 4.69) is 21.1 Å². The second kappa shape index (κ2) is 5.80. The number of likely N-dealkylation sites (N-methyl/N-ethyl adjacent to an activating group) is 1. The molecule has 1 aromatic heterocycles. The third-order valence-electron chi connectivity index (χ3n) is 1.96. The molecule has 0 atom stereocenters. The van der Waals surface area contributed by atoms with Crippen molar-refractivity contribution in [3.8, 4) is 0 Å². The molecule has 0 unspecified atom stereocenters. The molecule has 0 fully saturated rings. The predicted molar refractivity (Wildman–Crippen MR) is 69.9 cm³/mol. The van der Waals surface area contributed by atoms with Gasteiger partial charge in [0.25, 0.3) is 10.0 Å². The van der Waals surface area contributed by atoms with E-state index in [-0.39, 0.29) is 23.1 Å². The molecule has 0 aliphatic rings. The highest BCUT2D eigenvalue weighted by atomic mass is 79.9. The highest BCUT2D eigenvalue weighted by Crippen LogP contribution is 2.28. The first kappa shape index (κ1) is 14.4. The van der Waals surface area contributed by atoms with Crippen molar-refractivity contribution in [2.45, 2.75) is 11.1 Å². The van der Waals surface area contributed by atoms with E-state index >= 15 is 0 Å². The van der Waals surface area contributed by atoms with Gasteiger partial charge in [-0.05, 0) is 28.1 Å². The standard InChI is InChI=1S/C8H12BrN3O3S2/c1-2-12(5-7(10)11-13)17(14,15)8-4-3-6(9)16-8/h3-4,13H,2,5H2,1H3,(H2,10,11). The fourth-order valence-corrected chi connectivity index (χ4v) is 4.73. The molecule has 6 nitrogen and oxygen atoms in total.